The Labute approximate surface area is 120 Å². The van der Waals surface area contributed by atoms with E-state index in [0.717, 1.165) is 18.6 Å². The summed E-state index contributed by atoms with van der Waals surface area (Å²) < 4.78 is 5.30. The highest BCUT2D eigenvalue weighted by Crippen LogP contribution is 2.40. The summed E-state index contributed by atoms with van der Waals surface area (Å²) in [5.41, 5.74) is 1.64. The van der Waals surface area contributed by atoms with Crippen LogP contribution in [0.5, 0.6) is 5.75 Å². The number of carbonyl (C=O) groups is 1. The maximum absolute atomic E-state index is 11.5. The van der Waals surface area contributed by atoms with Crippen LogP contribution in [0.3, 0.4) is 0 Å². The molecule has 0 heterocycles. The third kappa shape index (κ3) is 2.40. The first-order valence-corrected chi connectivity index (χ1v) is 7.08. The predicted molar refractivity (Wildman–Crippen MR) is 78.2 cm³/mol. The molecule has 0 aromatic heterocycles. The number of rotatable bonds is 5. The zero-order chi connectivity index (χ0) is 14.9. The molecule has 0 radical (unpaired) electrons. The second kappa shape index (κ2) is 5.44. The number of likely N-dealkylation sites (N-methyl/N-ethyl adjacent to an activating group) is 1. The van der Waals surface area contributed by atoms with E-state index in [0.29, 0.717) is 6.54 Å². The Kier molecular flexibility index (Phi) is 4.04. The highest BCUT2D eigenvalue weighted by atomic mass is 16.5. The molecule has 0 amide bonds. The van der Waals surface area contributed by atoms with Crippen molar-refractivity contribution < 1.29 is 14.6 Å². The van der Waals surface area contributed by atoms with Gasteiger partial charge < -0.3 is 9.84 Å². The number of fused-ring (bicyclic) bond motifs is 1. The average Bonchev–Trinajstić information content (AvgIpc) is 2.82. The molecule has 1 aromatic rings. The van der Waals surface area contributed by atoms with Gasteiger partial charge in [-0.2, -0.15) is 0 Å². The lowest BCUT2D eigenvalue weighted by Crippen LogP contribution is -2.51. The van der Waals surface area contributed by atoms with Crippen molar-refractivity contribution >= 4 is 5.97 Å². The van der Waals surface area contributed by atoms with E-state index in [-0.39, 0.29) is 6.04 Å². The lowest BCUT2D eigenvalue weighted by Gasteiger charge is -2.39. The van der Waals surface area contributed by atoms with E-state index in [1.54, 1.807) is 21.0 Å². The molecule has 110 valence electrons. The molecule has 1 unspecified atom stereocenters. The number of aliphatic carboxylic acids is 1. The van der Waals surface area contributed by atoms with E-state index in [9.17, 15) is 9.90 Å². The van der Waals surface area contributed by atoms with E-state index in [1.807, 2.05) is 19.1 Å². The normalized spacial score (nSPS) is 18.1. The molecule has 0 fully saturated rings. The summed E-state index contributed by atoms with van der Waals surface area (Å²) in [5.74, 6) is 0.0514. The summed E-state index contributed by atoms with van der Waals surface area (Å²) in [6.45, 7) is 6.28. The molecule has 1 atom stereocenters. The second-order valence-electron chi connectivity index (χ2n) is 5.77. The van der Waals surface area contributed by atoms with Crippen LogP contribution in [0, 0.1) is 0 Å². The van der Waals surface area contributed by atoms with Crippen molar-refractivity contribution in [2.75, 3.05) is 13.7 Å². The number of methoxy groups -OCH3 is 1. The van der Waals surface area contributed by atoms with Crippen LogP contribution in [0.1, 0.15) is 44.4 Å². The maximum atomic E-state index is 11.5. The lowest BCUT2D eigenvalue weighted by atomic mass is 9.97. The first-order valence-electron chi connectivity index (χ1n) is 7.08. The molecule has 1 aliphatic carbocycles. The van der Waals surface area contributed by atoms with Gasteiger partial charge in [0.05, 0.1) is 7.11 Å². The molecule has 2 rings (SSSR count). The predicted octanol–water partition coefficient (Wildman–Crippen LogP) is 2.87. The highest BCUT2D eigenvalue weighted by Gasteiger charge is 2.40. The van der Waals surface area contributed by atoms with Gasteiger partial charge in [-0.25, -0.2) is 0 Å². The van der Waals surface area contributed by atoms with E-state index in [2.05, 4.69) is 11.0 Å². The Bertz CT molecular complexity index is 510. The Morgan fingerprint density at radius 2 is 2.20 bits per heavy atom. The van der Waals surface area contributed by atoms with Gasteiger partial charge >= 0.3 is 5.97 Å². The first-order chi connectivity index (χ1) is 9.41. The quantitative estimate of drug-likeness (QED) is 0.899. The summed E-state index contributed by atoms with van der Waals surface area (Å²) in [6, 6.07) is 6.26. The van der Waals surface area contributed by atoms with Crippen LogP contribution in [0.15, 0.2) is 18.2 Å². The monoisotopic (exact) mass is 277 g/mol. The number of benzene rings is 1. The smallest absolute Gasteiger partial charge is 0.323 e. The topological polar surface area (TPSA) is 49.8 Å². The SMILES string of the molecule is CCN(C1CCc2ccc(OC)cc21)C(C)(C)C(=O)O. The van der Waals surface area contributed by atoms with Crippen LogP contribution in [0.2, 0.25) is 0 Å². The average molecular weight is 277 g/mol. The van der Waals surface area contributed by atoms with Crippen LogP contribution < -0.4 is 4.74 Å². The van der Waals surface area contributed by atoms with E-state index >= 15 is 0 Å². The molecule has 0 saturated carbocycles. The van der Waals surface area contributed by atoms with E-state index in [4.69, 9.17) is 4.74 Å². The van der Waals surface area contributed by atoms with Gasteiger partial charge in [-0.15, -0.1) is 0 Å². The van der Waals surface area contributed by atoms with Crippen molar-refractivity contribution in [3.63, 3.8) is 0 Å². The van der Waals surface area contributed by atoms with Gasteiger partial charge in [0, 0.05) is 6.04 Å². The summed E-state index contributed by atoms with van der Waals surface area (Å²) in [5, 5.41) is 9.49. The minimum Gasteiger partial charge on any atom is -0.497 e. The summed E-state index contributed by atoms with van der Waals surface area (Å²) in [6.07, 6.45) is 1.96. The highest BCUT2D eigenvalue weighted by molar-refractivity contribution is 5.77. The third-order valence-corrected chi connectivity index (χ3v) is 4.36. The molecular formula is C16H23NO3. The van der Waals surface area contributed by atoms with Gasteiger partial charge in [0.15, 0.2) is 0 Å². The van der Waals surface area contributed by atoms with Crippen LogP contribution in [-0.4, -0.2) is 35.2 Å². The van der Waals surface area contributed by atoms with Crippen LogP contribution >= 0.6 is 0 Å². The van der Waals surface area contributed by atoms with Crippen molar-refractivity contribution in [2.45, 2.75) is 45.2 Å². The molecular weight excluding hydrogens is 254 g/mol. The number of nitrogens with zero attached hydrogens (tertiary/aromatic N) is 1. The minimum absolute atomic E-state index is 0.149. The van der Waals surface area contributed by atoms with E-state index < -0.39 is 11.5 Å². The van der Waals surface area contributed by atoms with Gasteiger partial charge in [0.2, 0.25) is 0 Å². The van der Waals surface area contributed by atoms with Crippen molar-refractivity contribution in [1.82, 2.24) is 4.90 Å². The molecule has 1 N–H and O–H groups in total. The number of aryl methyl sites for hydroxylation is 1. The zero-order valence-corrected chi connectivity index (χ0v) is 12.6. The Morgan fingerprint density at radius 1 is 1.50 bits per heavy atom. The molecule has 0 spiro atoms. The summed E-state index contributed by atoms with van der Waals surface area (Å²) in [4.78, 5) is 13.6. The molecule has 4 nitrogen and oxygen atoms in total. The molecule has 0 aliphatic heterocycles. The number of carboxylic acids is 1. The fourth-order valence-electron chi connectivity index (χ4n) is 3.14. The van der Waals surface area contributed by atoms with Crippen molar-refractivity contribution in [2.24, 2.45) is 0 Å². The largest absolute Gasteiger partial charge is 0.497 e. The summed E-state index contributed by atoms with van der Waals surface area (Å²) in [7, 11) is 1.66. The second-order valence-corrected chi connectivity index (χ2v) is 5.77. The maximum Gasteiger partial charge on any atom is 0.323 e. The molecule has 0 saturated heterocycles. The zero-order valence-electron chi connectivity index (χ0n) is 12.6. The Balaban J connectivity index is 2.38. The van der Waals surface area contributed by atoms with E-state index in [1.165, 1.54) is 11.1 Å². The van der Waals surface area contributed by atoms with Crippen molar-refractivity contribution in [3.05, 3.63) is 29.3 Å². The first kappa shape index (κ1) is 14.9. The molecule has 4 heteroatoms. The number of ether oxygens (including phenoxy) is 1. The van der Waals surface area contributed by atoms with Gasteiger partial charge in [0.25, 0.3) is 0 Å². The minimum atomic E-state index is -0.871. The molecule has 20 heavy (non-hydrogen) atoms. The number of hydrogen-bond acceptors (Lipinski definition) is 3. The van der Waals surface area contributed by atoms with Crippen LogP contribution in [0.4, 0.5) is 0 Å². The Morgan fingerprint density at radius 3 is 2.75 bits per heavy atom. The third-order valence-electron chi connectivity index (χ3n) is 4.36. The molecule has 1 aromatic carbocycles. The summed E-state index contributed by atoms with van der Waals surface area (Å²) >= 11 is 0. The standard InChI is InChI=1S/C16H23NO3/c1-5-17(16(2,3)15(18)19)14-9-7-11-6-8-12(20-4)10-13(11)14/h6,8,10,14H,5,7,9H2,1-4H3,(H,18,19). The molecule has 0 bridgehead atoms. The van der Waals surface area contributed by atoms with Gasteiger partial charge in [-0.1, -0.05) is 13.0 Å². The van der Waals surface area contributed by atoms with Crippen molar-refractivity contribution in [3.8, 4) is 5.75 Å². The fraction of sp³-hybridized carbons (Fsp3) is 0.562. The van der Waals surface area contributed by atoms with Gasteiger partial charge in [0.1, 0.15) is 11.3 Å². The number of hydrogen-bond donors (Lipinski definition) is 1. The number of carboxylic acid groups (broad SMARTS) is 1. The Hall–Kier alpha value is -1.55. The van der Waals surface area contributed by atoms with Crippen LogP contribution in [0.25, 0.3) is 0 Å². The molecule has 1 aliphatic rings. The fourth-order valence-corrected chi connectivity index (χ4v) is 3.14. The van der Waals surface area contributed by atoms with Crippen molar-refractivity contribution in [1.29, 1.82) is 0 Å². The van der Waals surface area contributed by atoms with Gasteiger partial charge in [-0.3, -0.25) is 9.69 Å². The van der Waals surface area contributed by atoms with Crippen LogP contribution in [-0.2, 0) is 11.2 Å². The lowest BCUT2D eigenvalue weighted by molar-refractivity contribution is -0.151. The van der Waals surface area contributed by atoms with Gasteiger partial charge in [-0.05, 0) is 56.5 Å².